The molecule has 0 spiro atoms. The van der Waals surface area contributed by atoms with E-state index in [-0.39, 0.29) is 31.5 Å². The molecule has 1 fully saturated rings. The summed E-state index contributed by atoms with van der Waals surface area (Å²) in [5.41, 5.74) is 0.00418. The maximum Gasteiger partial charge on any atom is 0.408 e. The molecule has 1 saturated heterocycles. The maximum absolute atomic E-state index is 13.3. The van der Waals surface area contributed by atoms with Gasteiger partial charge in [-0.25, -0.2) is 9.78 Å². The molecule has 2 atom stereocenters. The van der Waals surface area contributed by atoms with Gasteiger partial charge in [0.2, 0.25) is 17.7 Å². The second-order valence-electron chi connectivity index (χ2n) is 13.7. The summed E-state index contributed by atoms with van der Waals surface area (Å²) in [6.45, 7) is 10.2. The number of rotatable bonds is 15. The minimum atomic E-state index is -1.27. The molecule has 264 valence electrons. The van der Waals surface area contributed by atoms with E-state index in [0.717, 1.165) is 17.5 Å². The Bertz CT molecular complexity index is 1540. The fraction of sp³-hybridized carbons (Fsp3) is 0.472. The Morgan fingerprint density at radius 3 is 2.31 bits per heavy atom. The maximum atomic E-state index is 13.3. The molecule has 3 aromatic rings. The lowest BCUT2D eigenvalue weighted by atomic mass is 10.0. The third kappa shape index (κ3) is 11.9. The normalized spacial score (nSPS) is 15.3. The van der Waals surface area contributed by atoms with Crippen LogP contribution in [0.5, 0.6) is 0 Å². The van der Waals surface area contributed by atoms with Gasteiger partial charge < -0.3 is 40.2 Å². The number of imidazole rings is 1. The van der Waals surface area contributed by atoms with Crippen LogP contribution in [0.25, 0.3) is 0 Å². The van der Waals surface area contributed by atoms with Crippen molar-refractivity contribution >= 4 is 29.6 Å². The van der Waals surface area contributed by atoms with Crippen LogP contribution in [0.3, 0.4) is 0 Å². The smallest absolute Gasteiger partial charge is 0.408 e. The molecule has 1 aliphatic rings. The third-order valence-electron chi connectivity index (χ3n) is 7.81. The molecule has 2 heterocycles. The summed E-state index contributed by atoms with van der Waals surface area (Å²) in [5.74, 6) is -0.243. The summed E-state index contributed by atoms with van der Waals surface area (Å²) in [5, 5.41) is 11.8. The SMILES string of the molecule is CC(C)(C)OC(=O)NC(C)(C)C(=O)N[C@@H](CNc1cn(CC(=O)N2CCC[C@@H]2C(=O)NCc2ccccc2)cn1)COCc1ccccc1. The van der Waals surface area contributed by atoms with Crippen LogP contribution in [0.4, 0.5) is 10.6 Å². The van der Waals surface area contributed by atoms with Crippen molar-refractivity contribution in [1.29, 1.82) is 0 Å². The summed E-state index contributed by atoms with van der Waals surface area (Å²) in [6, 6.07) is 18.3. The molecule has 13 nitrogen and oxygen atoms in total. The molecule has 4 rings (SSSR count). The number of alkyl carbamates (subject to hydrolysis) is 1. The predicted octanol–water partition coefficient (Wildman–Crippen LogP) is 3.61. The lowest BCUT2D eigenvalue weighted by Crippen LogP contribution is -2.58. The zero-order valence-corrected chi connectivity index (χ0v) is 29.0. The second kappa shape index (κ2) is 17.0. The Morgan fingerprint density at radius 1 is 0.959 bits per heavy atom. The van der Waals surface area contributed by atoms with Crippen molar-refractivity contribution in [2.75, 3.05) is 25.0 Å². The molecule has 4 amide bonds. The highest BCUT2D eigenvalue weighted by molar-refractivity contribution is 5.89. The lowest BCUT2D eigenvalue weighted by Gasteiger charge is -2.30. The van der Waals surface area contributed by atoms with Crippen molar-refractivity contribution in [2.24, 2.45) is 0 Å². The van der Waals surface area contributed by atoms with E-state index in [9.17, 15) is 19.2 Å². The Kier molecular flexibility index (Phi) is 12.8. The van der Waals surface area contributed by atoms with Gasteiger partial charge in [-0.2, -0.15) is 0 Å². The van der Waals surface area contributed by atoms with E-state index in [1.165, 1.54) is 0 Å². The molecular weight excluding hydrogens is 626 g/mol. The number of anilines is 1. The van der Waals surface area contributed by atoms with Gasteiger partial charge in [-0.05, 0) is 58.6 Å². The first-order chi connectivity index (χ1) is 23.3. The first-order valence-corrected chi connectivity index (χ1v) is 16.6. The van der Waals surface area contributed by atoms with Gasteiger partial charge >= 0.3 is 6.09 Å². The van der Waals surface area contributed by atoms with Gasteiger partial charge in [0.1, 0.15) is 29.5 Å². The Hall–Kier alpha value is -4.91. The minimum absolute atomic E-state index is 0.0298. The quantitative estimate of drug-likeness (QED) is 0.191. The van der Waals surface area contributed by atoms with Gasteiger partial charge in [-0.15, -0.1) is 0 Å². The summed E-state index contributed by atoms with van der Waals surface area (Å²) in [7, 11) is 0. The second-order valence-corrected chi connectivity index (χ2v) is 13.7. The monoisotopic (exact) mass is 675 g/mol. The number of ether oxygens (including phenoxy) is 2. The van der Waals surface area contributed by atoms with Crippen molar-refractivity contribution in [3.05, 3.63) is 84.3 Å². The summed E-state index contributed by atoms with van der Waals surface area (Å²) in [6.07, 6.45) is 3.93. The van der Waals surface area contributed by atoms with E-state index in [1.54, 1.807) is 56.6 Å². The predicted molar refractivity (Wildman–Crippen MR) is 185 cm³/mol. The Balaban J connectivity index is 1.32. The van der Waals surface area contributed by atoms with Crippen LogP contribution < -0.4 is 21.3 Å². The van der Waals surface area contributed by atoms with Crippen LogP contribution in [0.15, 0.2) is 73.2 Å². The molecule has 1 aliphatic heterocycles. The summed E-state index contributed by atoms with van der Waals surface area (Å²) < 4.78 is 12.9. The third-order valence-corrected chi connectivity index (χ3v) is 7.81. The number of nitrogens with zero attached hydrogens (tertiary/aromatic N) is 3. The van der Waals surface area contributed by atoms with E-state index in [1.807, 2.05) is 60.7 Å². The first-order valence-electron chi connectivity index (χ1n) is 16.6. The molecule has 0 unspecified atom stereocenters. The van der Waals surface area contributed by atoms with Gasteiger partial charge in [-0.3, -0.25) is 14.4 Å². The fourth-order valence-corrected chi connectivity index (χ4v) is 5.28. The van der Waals surface area contributed by atoms with E-state index < -0.39 is 35.2 Å². The van der Waals surface area contributed by atoms with Crippen LogP contribution in [0.2, 0.25) is 0 Å². The Morgan fingerprint density at radius 2 is 1.63 bits per heavy atom. The van der Waals surface area contributed by atoms with E-state index in [2.05, 4.69) is 26.3 Å². The zero-order valence-electron chi connectivity index (χ0n) is 29.0. The van der Waals surface area contributed by atoms with Crippen LogP contribution in [0.1, 0.15) is 58.6 Å². The lowest BCUT2D eigenvalue weighted by molar-refractivity contribution is -0.139. The zero-order chi connectivity index (χ0) is 35.4. The van der Waals surface area contributed by atoms with Crippen molar-refractivity contribution in [2.45, 2.75) is 90.4 Å². The summed E-state index contributed by atoms with van der Waals surface area (Å²) >= 11 is 0. The van der Waals surface area contributed by atoms with Gasteiger partial charge in [0, 0.05) is 25.8 Å². The standard InChI is InChI=1S/C36H49N7O6/c1-35(2,3)49-34(47)41-36(4,5)33(46)40-28(24-48-23-27-15-10-7-11-16-27)20-37-30-21-42(25-39-30)22-31(44)43-18-12-17-29(43)32(45)38-19-26-13-8-6-9-14-26/h6-11,13-16,21,25,28-29,37H,12,17-20,22-24H2,1-5H3,(H,38,45)(H,40,46)(H,41,47)/t28-,29+/m0/s1. The van der Waals surface area contributed by atoms with Crippen LogP contribution >= 0.6 is 0 Å². The minimum Gasteiger partial charge on any atom is -0.444 e. The molecule has 4 N–H and O–H groups in total. The number of hydrogen-bond donors (Lipinski definition) is 4. The van der Waals surface area contributed by atoms with Crippen molar-refractivity contribution < 1.29 is 28.7 Å². The van der Waals surface area contributed by atoms with Gasteiger partial charge in [0.15, 0.2) is 0 Å². The number of likely N-dealkylation sites (tertiary alicyclic amines) is 1. The van der Waals surface area contributed by atoms with Crippen molar-refractivity contribution in [3.63, 3.8) is 0 Å². The number of nitrogens with one attached hydrogen (secondary N) is 4. The highest BCUT2D eigenvalue weighted by atomic mass is 16.6. The van der Waals surface area contributed by atoms with E-state index in [4.69, 9.17) is 9.47 Å². The van der Waals surface area contributed by atoms with Crippen molar-refractivity contribution in [3.8, 4) is 0 Å². The Labute approximate surface area is 288 Å². The van der Waals surface area contributed by atoms with E-state index >= 15 is 0 Å². The average Bonchev–Trinajstić information content (AvgIpc) is 3.72. The van der Waals surface area contributed by atoms with E-state index in [0.29, 0.717) is 31.9 Å². The van der Waals surface area contributed by atoms with Crippen LogP contribution in [0, 0.1) is 0 Å². The first kappa shape index (κ1) is 36.9. The van der Waals surface area contributed by atoms with Gasteiger partial charge in [-0.1, -0.05) is 60.7 Å². The van der Waals surface area contributed by atoms with Gasteiger partial charge in [0.25, 0.3) is 0 Å². The molecule has 1 aromatic heterocycles. The van der Waals surface area contributed by atoms with Crippen molar-refractivity contribution in [1.82, 2.24) is 30.4 Å². The number of aromatic nitrogens is 2. The number of benzene rings is 2. The summed E-state index contributed by atoms with van der Waals surface area (Å²) in [4.78, 5) is 57.9. The highest BCUT2D eigenvalue weighted by Gasteiger charge is 2.35. The number of hydrogen-bond acceptors (Lipinski definition) is 8. The van der Waals surface area contributed by atoms with Crippen LogP contribution in [-0.2, 0) is 43.6 Å². The van der Waals surface area contributed by atoms with Crippen LogP contribution in [-0.4, -0.2) is 81.2 Å². The molecule has 13 heteroatoms. The molecule has 49 heavy (non-hydrogen) atoms. The topological polar surface area (TPSA) is 156 Å². The average molecular weight is 676 g/mol. The number of carbonyl (C=O) groups is 4. The molecule has 2 aromatic carbocycles. The molecule has 0 bridgehead atoms. The molecule has 0 radical (unpaired) electrons. The number of carbonyl (C=O) groups excluding carboxylic acids is 4. The van der Waals surface area contributed by atoms with Gasteiger partial charge in [0.05, 0.1) is 25.6 Å². The molecule has 0 saturated carbocycles. The number of amides is 4. The molecule has 0 aliphatic carbocycles. The largest absolute Gasteiger partial charge is 0.444 e. The highest BCUT2D eigenvalue weighted by Crippen LogP contribution is 2.19. The fourth-order valence-electron chi connectivity index (χ4n) is 5.28. The molecular formula is C36H49N7O6.